The lowest BCUT2D eigenvalue weighted by molar-refractivity contribution is 0.652. The van der Waals surface area contributed by atoms with Crippen molar-refractivity contribution in [3.05, 3.63) is 28.7 Å². The third-order valence-corrected chi connectivity index (χ3v) is 5.28. The fraction of sp³-hybridized carbons (Fsp3) is 0.455. The molecule has 0 radical (unpaired) electrons. The van der Waals surface area contributed by atoms with E-state index in [2.05, 4.69) is 63.0 Å². The minimum absolute atomic E-state index is 0.770. The zero-order valence-corrected chi connectivity index (χ0v) is 12.2. The summed E-state index contributed by atoms with van der Waals surface area (Å²) in [6.07, 6.45) is 1.24. The summed E-state index contributed by atoms with van der Waals surface area (Å²) in [7, 11) is 0. The number of alkyl halides is 1. The second-order valence-corrected chi connectivity index (χ2v) is 5.73. The second-order valence-electron chi connectivity index (χ2n) is 3.17. The summed E-state index contributed by atoms with van der Waals surface area (Å²) in [6, 6.07) is 8.39. The van der Waals surface area contributed by atoms with Gasteiger partial charge in [-0.3, -0.25) is 0 Å². The van der Waals surface area contributed by atoms with E-state index >= 15 is 0 Å². The normalized spacial score (nSPS) is 12.8. The molecule has 1 atom stereocenters. The van der Waals surface area contributed by atoms with Gasteiger partial charge >= 0.3 is 0 Å². The van der Waals surface area contributed by atoms with E-state index in [9.17, 15) is 0 Å². The van der Waals surface area contributed by atoms with Crippen molar-refractivity contribution in [2.45, 2.75) is 18.2 Å². The predicted molar refractivity (Wildman–Crippen MR) is 72.4 cm³/mol. The molecule has 0 spiro atoms. The van der Waals surface area contributed by atoms with E-state index in [0.29, 0.717) is 0 Å². The summed E-state index contributed by atoms with van der Waals surface area (Å²) in [5, 5.41) is 1.10. The molecule has 0 heterocycles. The molecule has 0 saturated carbocycles. The van der Waals surface area contributed by atoms with Gasteiger partial charge in [0.2, 0.25) is 0 Å². The fourth-order valence-corrected chi connectivity index (χ4v) is 3.81. The molecule has 3 heteroatoms. The highest BCUT2D eigenvalue weighted by Crippen LogP contribution is 2.29. The van der Waals surface area contributed by atoms with Crippen LogP contribution >= 0.6 is 43.6 Å². The SMILES string of the molecule is CCC(CBr)CSc1ccccc1Br. The summed E-state index contributed by atoms with van der Waals surface area (Å²) >= 11 is 9.03. The Bertz CT molecular complexity index is 272. The van der Waals surface area contributed by atoms with Crippen molar-refractivity contribution in [1.29, 1.82) is 0 Å². The highest BCUT2D eigenvalue weighted by Gasteiger charge is 2.06. The first-order valence-corrected chi connectivity index (χ1v) is 7.61. The first-order valence-electron chi connectivity index (χ1n) is 4.71. The van der Waals surface area contributed by atoms with Crippen LogP contribution in [-0.4, -0.2) is 11.1 Å². The zero-order valence-electron chi connectivity index (χ0n) is 8.17. The minimum atomic E-state index is 0.770. The van der Waals surface area contributed by atoms with E-state index in [0.717, 1.165) is 11.2 Å². The van der Waals surface area contributed by atoms with Crippen molar-refractivity contribution >= 4 is 43.6 Å². The van der Waals surface area contributed by atoms with Crippen LogP contribution in [0, 0.1) is 5.92 Å². The van der Waals surface area contributed by atoms with Crippen LogP contribution in [-0.2, 0) is 0 Å². The molecule has 1 rings (SSSR count). The average molecular weight is 338 g/mol. The molecular weight excluding hydrogens is 324 g/mol. The molecule has 0 aromatic heterocycles. The highest BCUT2D eigenvalue weighted by molar-refractivity contribution is 9.10. The van der Waals surface area contributed by atoms with E-state index in [1.54, 1.807) is 0 Å². The molecule has 0 bridgehead atoms. The van der Waals surface area contributed by atoms with Gasteiger partial charge in [0, 0.05) is 20.5 Å². The quantitative estimate of drug-likeness (QED) is 0.540. The molecule has 0 nitrogen and oxygen atoms in total. The van der Waals surface area contributed by atoms with Crippen LogP contribution in [0.15, 0.2) is 33.6 Å². The van der Waals surface area contributed by atoms with Gasteiger partial charge in [0.05, 0.1) is 0 Å². The van der Waals surface area contributed by atoms with Gasteiger partial charge in [0.1, 0.15) is 0 Å². The van der Waals surface area contributed by atoms with E-state index in [-0.39, 0.29) is 0 Å². The van der Waals surface area contributed by atoms with Gasteiger partial charge in [-0.25, -0.2) is 0 Å². The van der Waals surface area contributed by atoms with Gasteiger partial charge in [-0.15, -0.1) is 11.8 Å². The third-order valence-electron chi connectivity index (χ3n) is 2.11. The first kappa shape index (κ1) is 12.6. The smallest absolute Gasteiger partial charge is 0.0311 e. The molecule has 1 aromatic carbocycles. The summed E-state index contributed by atoms with van der Waals surface area (Å²) in [5.41, 5.74) is 0. The Kier molecular flexibility index (Phi) is 6.22. The van der Waals surface area contributed by atoms with Gasteiger partial charge in [-0.2, -0.15) is 0 Å². The number of halogens is 2. The van der Waals surface area contributed by atoms with Crippen LogP contribution in [0.4, 0.5) is 0 Å². The van der Waals surface area contributed by atoms with Crippen molar-refractivity contribution in [3.63, 3.8) is 0 Å². The Hall–Kier alpha value is 0.530. The van der Waals surface area contributed by atoms with Gasteiger partial charge in [-0.1, -0.05) is 41.4 Å². The van der Waals surface area contributed by atoms with Gasteiger partial charge in [-0.05, 0) is 34.0 Å². The van der Waals surface area contributed by atoms with Crippen molar-refractivity contribution < 1.29 is 0 Å². The molecule has 0 saturated heterocycles. The van der Waals surface area contributed by atoms with Gasteiger partial charge in [0.25, 0.3) is 0 Å². The maximum absolute atomic E-state index is 3.56. The molecule has 0 aliphatic rings. The highest BCUT2D eigenvalue weighted by atomic mass is 79.9. The monoisotopic (exact) mass is 336 g/mol. The number of hydrogen-bond donors (Lipinski definition) is 0. The fourth-order valence-electron chi connectivity index (χ4n) is 1.04. The number of rotatable bonds is 5. The number of benzene rings is 1. The lowest BCUT2D eigenvalue weighted by Gasteiger charge is -2.11. The van der Waals surface area contributed by atoms with Gasteiger partial charge in [0.15, 0.2) is 0 Å². The van der Waals surface area contributed by atoms with E-state index in [4.69, 9.17) is 0 Å². The van der Waals surface area contributed by atoms with Crippen LogP contribution in [0.3, 0.4) is 0 Å². The lowest BCUT2D eigenvalue weighted by atomic mass is 10.2. The van der Waals surface area contributed by atoms with Crippen molar-refractivity contribution in [2.24, 2.45) is 5.92 Å². The Morgan fingerprint density at radius 1 is 1.36 bits per heavy atom. The standard InChI is InChI=1S/C11H14Br2S/c1-2-9(7-12)8-14-11-6-4-3-5-10(11)13/h3-6,9H,2,7-8H2,1H3. The van der Waals surface area contributed by atoms with E-state index in [1.807, 2.05) is 11.8 Å². The Labute approximate surface area is 107 Å². The van der Waals surface area contributed by atoms with Gasteiger partial charge < -0.3 is 0 Å². The summed E-state index contributed by atoms with van der Waals surface area (Å²) in [6.45, 7) is 2.24. The van der Waals surface area contributed by atoms with Crippen LogP contribution < -0.4 is 0 Å². The second kappa shape index (κ2) is 6.91. The van der Waals surface area contributed by atoms with E-state index in [1.165, 1.54) is 21.5 Å². The Balaban J connectivity index is 2.49. The number of hydrogen-bond acceptors (Lipinski definition) is 1. The maximum atomic E-state index is 3.56. The third kappa shape index (κ3) is 3.95. The molecule has 0 fully saturated rings. The van der Waals surface area contributed by atoms with Crippen LogP contribution in [0.1, 0.15) is 13.3 Å². The molecule has 0 aliphatic carbocycles. The molecule has 1 unspecified atom stereocenters. The van der Waals surface area contributed by atoms with Crippen molar-refractivity contribution in [2.75, 3.05) is 11.1 Å². The number of thioether (sulfide) groups is 1. The molecule has 78 valence electrons. The average Bonchev–Trinajstić information content (AvgIpc) is 2.22. The topological polar surface area (TPSA) is 0 Å². The van der Waals surface area contributed by atoms with Crippen molar-refractivity contribution in [1.82, 2.24) is 0 Å². The molecular formula is C11H14Br2S. The Morgan fingerprint density at radius 3 is 2.64 bits per heavy atom. The molecule has 14 heavy (non-hydrogen) atoms. The molecule has 0 N–H and O–H groups in total. The maximum Gasteiger partial charge on any atom is 0.0311 e. The van der Waals surface area contributed by atoms with E-state index < -0.39 is 0 Å². The Morgan fingerprint density at radius 2 is 2.07 bits per heavy atom. The zero-order chi connectivity index (χ0) is 10.4. The summed E-state index contributed by atoms with van der Waals surface area (Å²) in [4.78, 5) is 1.34. The minimum Gasteiger partial charge on any atom is -0.125 e. The van der Waals surface area contributed by atoms with Crippen LogP contribution in [0.25, 0.3) is 0 Å². The van der Waals surface area contributed by atoms with Crippen LogP contribution in [0.5, 0.6) is 0 Å². The molecule has 1 aromatic rings. The first-order chi connectivity index (χ1) is 6.77. The molecule has 0 amide bonds. The largest absolute Gasteiger partial charge is 0.125 e. The van der Waals surface area contributed by atoms with Crippen molar-refractivity contribution in [3.8, 4) is 0 Å². The predicted octanol–water partition coefficient (Wildman–Crippen LogP) is 4.96. The molecule has 0 aliphatic heterocycles. The summed E-state index contributed by atoms with van der Waals surface area (Å²) < 4.78 is 1.20. The van der Waals surface area contributed by atoms with Crippen LogP contribution in [0.2, 0.25) is 0 Å². The lowest BCUT2D eigenvalue weighted by Crippen LogP contribution is -2.03. The summed E-state index contributed by atoms with van der Waals surface area (Å²) in [5.74, 6) is 1.96.